The van der Waals surface area contributed by atoms with Crippen LogP contribution in [0.5, 0.6) is 0 Å². The largest absolute Gasteiger partial charge is 0.356 e. The summed E-state index contributed by atoms with van der Waals surface area (Å²) >= 11 is 0. The maximum absolute atomic E-state index is 5.49. The van der Waals surface area contributed by atoms with E-state index in [1.807, 2.05) is 0 Å². The highest BCUT2D eigenvalue weighted by Crippen LogP contribution is 2.04. The molecule has 0 aromatic heterocycles. The van der Waals surface area contributed by atoms with Crippen molar-refractivity contribution in [1.29, 1.82) is 0 Å². The Bertz CT molecular complexity index is 138. The van der Waals surface area contributed by atoms with Crippen LogP contribution >= 0.6 is 0 Å². The third-order valence-corrected chi connectivity index (χ3v) is 1.81. The van der Waals surface area contributed by atoms with Gasteiger partial charge in [-0.05, 0) is 19.3 Å². The van der Waals surface area contributed by atoms with Crippen molar-refractivity contribution in [1.82, 2.24) is 0 Å². The van der Waals surface area contributed by atoms with E-state index in [1.165, 1.54) is 0 Å². The third kappa shape index (κ3) is 7.83. The van der Waals surface area contributed by atoms with Gasteiger partial charge in [0.25, 0.3) is 0 Å². The fourth-order valence-electron chi connectivity index (χ4n) is 1.05. The van der Waals surface area contributed by atoms with Crippen LogP contribution < -0.4 is 0 Å². The smallest absolute Gasteiger partial charge is 0.157 e. The van der Waals surface area contributed by atoms with Gasteiger partial charge in [0.15, 0.2) is 6.29 Å². The molecular weight excluding hydrogens is 164 g/mol. The van der Waals surface area contributed by atoms with Crippen LogP contribution in [0.1, 0.15) is 39.0 Å². The standard InChI is InChI=1S/C11H20O2/c1-4-6-7-8-10-13-11(12-3)9-5-2/h1,11H,5-10H2,2-3H3. The van der Waals surface area contributed by atoms with Crippen molar-refractivity contribution in [3.8, 4) is 12.3 Å². The van der Waals surface area contributed by atoms with Gasteiger partial charge in [-0.1, -0.05) is 13.3 Å². The topological polar surface area (TPSA) is 18.5 Å². The summed E-state index contributed by atoms with van der Waals surface area (Å²) in [6.45, 7) is 2.87. The van der Waals surface area contributed by atoms with E-state index in [-0.39, 0.29) is 6.29 Å². The molecule has 0 amide bonds. The van der Waals surface area contributed by atoms with Crippen LogP contribution in [0, 0.1) is 12.3 Å². The first-order valence-electron chi connectivity index (χ1n) is 4.93. The highest BCUT2D eigenvalue weighted by Gasteiger charge is 2.04. The lowest BCUT2D eigenvalue weighted by Gasteiger charge is -2.14. The lowest BCUT2D eigenvalue weighted by molar-refractivity contribution is -0.128. The average molecular weight is 184 g/mol. The van der Waals surface area contributed by atoms with E-state index in [0.29, 0.717) is 0 Å². The molecular formula is C11H20O2. The van der Waals surface area contributed by atoms with Gasteiger partial charge in [-0.2, -0.15) is 0 Å². The molecule has 2 nitrogen and oxygen atoms in total. The summed E-state index contributed by atoms with van der Waals surface area (Å²) in [5.74, 6) is 2.61. The van der Waals surface area contributed by atoms with Crippen molar-refractivity contribution in [2.24, 2.45) is 0 Å². The zero-order valence-corrected chi connectivity index (χ0v) is 8.71. The number of terminal acetylenes is 1. The highest BCUT2D eigenvalue weighted by atomic mass is 16.7. The van der Waals surface area contributed by atoms with Gasteiger partial charge in [0.2, 0.25) is 0 Å². The van der Waals surface area contributed by atoms with E-state index in [9.17, 15) is 0 Å². The predicted molar refractivity (Wildman–Crippen MR) is 54.3 cm³/mol. The zero-order valence-electron chi connectivity index (χ0n) is 8.71. The molecule has 0 fully saturated rings. The van der Waals surface area contributed by atoms with E-state index in [4.69, 9.17) is 15.9 Å². The van der Waals surface area contributed by atoms with Crippen molar-refractivity contribution < 1.29 is 9.47 Å². The van der Waals surface area contributed by atoms with E-state index < -0.39 is 0 Å². The number of hydrogen-bond donors (Lipinski definition) is 0. The van der Waals surface area contributed by atoms with E-state index in [2.05, 4.69) is 12.8 Å². The highest BCUT2D eigenvalue weighted by molar-refractivity contribution is 4.82. The number of methoxy groups -OCH3 is 1. The van der Waals surface area contributed by atoms with Crippen LogP contribution in [-0.2, 0) is 9.47 Å². The summed E-state index contributed by atoms with van der Waals surface area (Å²) in [6, 6.07) is 0. The Morgan fingerprint density at radius 2 is 2.15 bits per heavy atom. The maximum atomic E-state index is 5.49. The molecule has 0 heterocycles. The lowest BCUT2D eigenvalue weighted by atomic mass is 10.2. The van der Waals surface area contributed by atoms with Crippen molar-refractivity contribution in [2.45, 2.75) is 45.3 Å². The molecule has 0 rings (SSSR count). The van der Waals surface area contributed by atoms with Gasteiger partial charge in [0.05, 0.1) is 0 Å². The number of rotatable bonds is 8. The molecule has 0 saturated carbocycles. The number of ether oxygens (including phenoxy) is 2. The molecule has 1 atom stereocenters. The summed E-state index contributed by atoms with van der Waals surface area (Å²) < 4.78 is 10.6. The van der Waals surface area contributed by atoms with Crippen LogP contribution in [0.25, 0.3) is 0 Å². The normalized spacial score (nSPS) is 12.4. The molecule has 0 aromatic rings. The van der Waals surface area contributed by atoms with Crippen molar-refractivity contribution >= 4 is 0 Å². The Morgan fingerprint density at radius 1 is 1.38 bits per heavy atom. The zero-order chi connectivity index (χ0) is 9.94. The molecule has 0 spiro atoms. The molecule has 1 unspecified atom stereocenters. The monoisotopic (exact) mass is 184 g/mol. The second-order valence-corrected chi connectivity index (χ2v) is 2.99. The molecule has 0 aliphatic rings. The Balaban J connectivity index is 3.23. The molecule has 0 bridgehead atoms. The third-order valence-electron chi connectivity index (χ3n) is 1.81. The Kier molecular flexibility index (Phi) is 9.18. The average Bonchev–Trinajstić information content (AvgIpc) is 2.16. The van der Waals surface area contributed by atoms with Crippen LogP contribution in [0.2, 0.25) is 0 Å². The van der Waals surface area contributed by atoms with Gasteiger partial charge in [-0.15, -0.1) is 12.3 Å². The minimum atomic E-state index is -0.0316. The molecule has 76 valence electrons. The molecule has 0 aromatic carbocycles. The first kappa shape index (κ1) is 12.5. The fourth-order valence-corrected chi connectivity index (χ4v) is 1.05. The van der Waals surface area contributed by atoms with Gasteiger partial charge >= 0.3 is 0 Å². The number of unbranched alkanes of at least 4 members (excludes halogenated alkanes) is 2. The Hall–Kier alpha value is -0.520. The van der Waals surface area contributed by atoms with Gasteiger partial charge in [-0.25, -0.2) is 0 Å². The molecule has 0 radical (unpaired) electrons. The first-order chi connectivity index (χ1) is 6.35. The summed E-state index contributed by atoms with van der Waals surface area (Å²) in [4.78, 5) is 0. The van der Waals surface area contributed by atoms with Gasteiger partial charge in [0.1, 0.15) is 0 Å². The molecule has 0 saturated heterocycles. The van der Waals surface area contributed by atoms with Crippen LogP contribution in [-0.4, -0.2) is 20.0 Å². The van der Waals surface area contributed by atoms with Gasteiger partial charge in [-0.3, -0.25) is 0 Å². The predicted octanol–water partition coefficient (Wildman–Crippen LogP) is 2.58. The maximum Gasteiger partial charge on any atom is 0.157 e. The van der Waals surface area contributed by atoms with Crippen molar-refractivity contribution in [3.63, 3.8) is 0 Å². The van der Waals surface area contributed by atoms with E-state index in [0.717, 1.165) is 38.7 Å². The van der Waals surface area contributed by atoms with Crippen LogP contribution in [0.15, 0.2) is 0 Å². The number of hydrogen-bond acceptors (Lipinski definition) is 2. The van der Waals surface area contributed by atoms with Crippen LogP contribution in [0.4, 0.5) is 0 Å². The minimum absolute atomic E-state index is 0.0316. The SMILES string of the molecule is C#CCCCCOC(CCC)OC. The minimum Gasteiger partial charge on any atom is -0.356 e. The summed E-state index contributed by atoms with van der Waals surface area (Å²) in [6.07, 6.45) is 10.1. The summed E-state index contributed by atoms with van der Waals surface area (Å²) in [7, 11) is 1.68. The molecule has 0 aliphatic carbocycles. The quantitative estimate of drug-likeness (QED) is 0.328. The molecule has 13 heavy (non-hydrogen) atoms. The van der Waals surface area contributed by atoms with E-state index >= 15 is 0 Å². The Morgan fingerprint density at radius 3 is 2.69 bits per heavy atom. The second-order valence-electron chi connectivity index (χ2n) is 2.99. The molecule has 0 N–H and O–H groups in total. The second kappa shape index (κ2) is 9.57. The summed E-state index contributed by atoms with van der Waals surface area (Å²) in [5, 5.41) is 0. The van der Waals surface area contributed by atoms with Gasteiger partial charge < -0.3 is 9.47 Å². The van der Waals surface area contributed by atoms with Crippen LogP contribution in [0.3, 0.4) is 0 Å². The van der Waals surface area contributed by atoms with Crippen molar-refractivity contribution in [3.05, 3.63) is 0 Å². The fraction of sp³-hybridized carbons (Fsp3) is 0.818. The molecule has 0 aliphatic heterocycles. The Labute approximate surface area is 81.6 Å². The lowest BCUT2D eigenvalue weighted by Crippen LogP contribution is -2.15. The van der Waals surface area contributed by atoms with Crippen molar-refractivity contribution in [2.75, 3.05) is 13.7 Å². The molecule has 2 heteroatoms. The summed E-state index contributed by atoms with van der Waals surface area (Å²) in [5.41, 5.74) is 0. The van der Waals surface area contributed by atoms with E-state index in [1.54, 1.807) is 7.11 Å². The first-order valence-corrected chi connectivity index (χ1v) is 4.93. The van der Waals surface area contributed by atoms with Gasteiger partial charge in [0, 0.05) is 20.1 Å².